The van der Waals surface area contributed by atoms with Crippen molar-refractivity contribution < 1.29 is 9.18 Å². The third kappa shape index (κ3) is 2.73. The second-order valence-electron chi connectivity index (χ2n) is 6.74. The summed E-state index contributed by atoms with van der Waals surface area (Å²) in [6.07, 6.45) is 6.54. The summed E-state index contributed by atoms with van der Waals surface area (Å²) in [5.74, 6) is 0.678. The van der Waals surface area contributed by atoms with Crippen LogP contribution in [0.25, 0.3) is 5.69 Å². The summed E-state index contributed by atoms with van der Waals surface area (Å²) in [4.78, 5) is 24.8. The fraction of sp³-hybridized carbons (Fsp3) is 0.263. The van der Waals surface area contributed by atoms with E-state index in [0.717, 1.165) is 22.9 Å². The number of carbonyl (C=O) groups is 1. The van der Waals surface area contributed by atoms with E-state index in [1.807, 2.05) is 23.1 Å². The molecule has 0 spiro atoms. The first-order valence-electron chi connectivity index (χ1n) is 8.85. The molecule has 1 atom stereocenters. The molecule has 3 aromatic rings. The summed E-state index contributed by atoms with van der Waals surface area (Å²) in [6, 6.07) is 7.41. The van der Waals surface area contributed by atoms with E-state index in [0.29, 0.717) is 31.6 Å². The molecule has 7 nitrogen and oxygen atoms in total. The van der Waals surface area contributed by atoms with Crippen LogP contribution in [0.3, 0.4) is 0 Å². The van der Waals surface area contributed by atoms with Crippen molar-refractivity contribution in [3.8, 4) is 5.69 Å². The summed E-state index contributed by atoms with van der Waals surface area (Å²) in [5.41, 5.74) is 2.84. The van der Waals surface area contributed by atoms with Crippen molar-refractivity contribution in [1.82, 2.24) is 19.7 Å². The van der Waals surface area contributed by atoms with Gasteiger partial charge in [0.1, 0.15) is 12.0 Å². The van der Waals surface area contributed by atoms with E-state index in [1.54, 1.807) is 40.4 Å². The first-order valence-corrected chi connectivity index (χ1v) is 8.85. The van der Waals surface area contributed by atoms with Crippen LogP contribution in [0.4, 0.5) is 15.9 Å². The third-order valence-corrected chi connectivity index (χ3v) is 4.98. The lowest BCUT2D eigenvalue weighted by atomic mass is 10.3. The average Bonchev–Trinajstić information content (AvgIpc) is 3.39. The van der Waals surface area contributed by atoms with Crippen molar-refractivity contribution in [2.75, 3.05) is 22.9 Å². The van der Waals surface area contributed by atoms with Gasteiger partial charge < -0.3 is 9.80 Å². The van der Waals surface area contributed by atoms with Crippen LogP contribution in [0, 0.1) is 0 Å². The van der Waals surface area contributed by atoms with Gasteiger partial charge in [0.05, 0.1) is 48.1 Å². The van der Waals surface area contributed by atoms with Crippen LogP contribution in [-0.2, 0) is 6.54 Å². The highest BCUT2D eigenvalue weighted by Gasteiger charge is 2.32. The van der Waals surface area contributed by atoms with Gasteiger partial charge in [0.2, 0.25) is 0 Å². The minimum Gasteiger partial charge on any atom is -0.354 e. The molecule has 2 aliphatic heterocycles. The van der Waals surface area contributed by atoms with Gasteiger partial charge in [-0.15, -0.1) is 0 Å². The minimum atomic E-state index is -0.783. The van der Waals surface area contributed by atoms with E-state index in [2.05, 4.69) is 15.1 Å². The zero-order valence-corrected chi connectivity index (χ0v) is 14.5. The Hall–Kier alpha value is -3.29. The monoisotopic (exact) mass is 364 g/mol. The number of nitrogens with zero attached hydrogens (tertiary/aromatic N) is 6. The number of amides is 1. The fourth-order valence-corrected chi connectivity index (χ4v) is 3.55. The highest BCUT2D eigenvalue weighted by atomic mass is 19.1. The van der Waals surface area contributed by atoms with Gasteiger partial charge in [0.15, 0.2) is 0 Å². The number of alkyl halides is 1. The number of carbonyl (C=O) groups excluding carboxylic acids is 1. The van der Waals surface area contributed by atoms with Crippen molar-refractivity contribution in [3.63, 3.8) is 0 Å². The van der Waals surface area contributed by atoms with E-state index in [-0.39, 0.29) is 5.91 Å². The molecule has 136 valence electrons. The van der Waals surface area contributed by atoms with E-state index >= 15 is 0 Å². The molecule has 3 aromatic heterocycles. The molecule has 27 heavy (non-hydrogen) atoms. The number of aromatic nitrogens is 4. The Kier molecular flexibility index (Phi) is 3.63. The van der Waals surface area contributed by atoms with E-state index < -0.39 is 6.17 Å². The van der Waals surface area contributed by atoms with Crippen LogP contribution in [-0.4, -0.2) is 44.9 Å². The minimum absolute atomic E-state index is 0.0834. The van der Waals surface area contributed by atoms with Crippen LogP contribution in [0.5, 0.6) is 0 Å². The molecule has 8 heteroatoms. The average molecular weight is 364 g/mol. The Morgan fingerprint density at radius 3 is 2.74 bits per heavy atom. The first kappa shape index (κ1) is 15.9. The molecule has 2 aliphatic rings. The van der Waals surface area contributed by atoms with Crippen molar-refractivity contribution in [1.29, 1.82) is 0 Å². The molecule has 0 radical (unpaired) electrons. The Morgan fingerprint density at radius 2 is 2.07 bits per heavy atom. The molecule has 0 aliphatic carbocycles. The first-order chi connectivity index (χ1) is 13.2. The van der Waals surface area contributed by atoms with Gasteiger partial charge in [0, 0.05) is 18.9 Å². The lowest BCUT2D eigenvalue weighted by molar-refractivity contribution is 0.0996. The maximum atomic E-state index is 13.4. The number of pyridine rings is 2. The SMILES string of the molecule is O=C1c2cn(-c3ccc(N4CC[C@H](F)C4)nc3)nc2CN1c1cccnc1. The Bertz CT molecular complexity index is 987. The van der Waals surface area contributed by atoms with Gasteiger partial charge in [-0.05, 0) is 30.7 Å². The van der Waals surface area contributed by atoms with Crippen LogP contribution in [0.2, 0.25) is 0 Å². The van der Waals surface area contributed by atoms with Gasteiger partial charge in [-0.25, -0.2) is 14.1 Å². The summed E-state index contributed by atoms with van der Waals surface area (Å²) < 4.78 is 15.0. The van der Waals surface area contributed by atoms with Gasteiger partial charge in [-0.2, -0.15) is 5.10 Å². The van der Waals surface area contributed by atoms with Gasteiger partial charge in [0.25, 0.3) is 5.91 Å². The number of fused-ring (bicyclic) bond motifs is 1. The number of halogens is 1. The zero-order valence-electron chi connectivity index (χ0n) is 14.5. The molecule has 1 fully saturated rings. The van der Waals surface area contributed by atoms with Gasteiger partial charge in [-0.1, -0.05) is 0 Å². The molecular weight excluding hydrogens is 347 g/mol. The smallest absolute Gasteiger partial charge is 0.262 e. The summed E-state index contributed by atoms with van der Waals surface area (Å²) in [7, 11) is 0. The van der Waals surface area contributed by atoms with Crippen molar-refractivity contribution in [3.05, 3.63) is 60.3 Å². The predicted octanol–water partition coefficient (Wildman–Crippen LogP) is 2.37. The Balaban J connectivity index is 1.37. The standard InChI is InChI=1S/C19H17FN6O/c20-13-5-7-24(10-13)18-4-3-15(9-22-18)26-11-16-17(23-26)12-25(19(16)27)14-2-1-6-21-8-14/h1-4,6,8-9,11,13H,5,7,10,12H2/t13-/m0/s1. The molecular formula is C19H17FN6O. The number of anilines is 2. The van der Waals surface area contributed by atoms with Crippen LogP contribution < -0.4 is 9.80 Å². The lowest BCUT2D eigenvalue weighted by Crippen LogP contribution is -2.24. The van der Waals surface area contributed by atoms with Crippen molar-refractivity contribution in [2.24, 2.45) is 0 Å². The molecule has 0 unspecified atom stereocenters. The van der Waals surface area contributed by atoms with Crippen molar-refractivity contribution >= 4 is 17.4 Å². The summed E-state index contributed by atoms with van der Waals surface area (Å²) >= 11 is 0. The largest absolute Gasteiger partial charge is 0.354 e. The summed E-state index contributed by atoms with van der Waals surface area (Å²) in [6.45, 7) is 1.49. The quantitative estimate of drug-likeness (QED) is 0.714. The van der Waals surface area contributed by atoms with E-state index in [9.17, 15) is 9.18 Å². The summed E-state index contributed by atoms with van der Waals surface area (Å²) in [5, 5.41) is 4.55. The second kappa shape index (κ2) is 6.15. The lowest BCUT2D eigenvalue weighted by Gasteiger charge is -2.16. The van der Waals surface area contributed by atoms with Crippen molar-refractivity contribution in [2.45, 2.75) is 19.1 Å². The predicted molar refractivity (Wildman–Crippen MR) is 97.8 cm³/mol. The molecule has 1 saturated heterocycles. The van der Waals surface area contributed by atoms with Crippen LogP contribution in [0.1, 0.15) is 22.5 Å². The molecule has 5 heterocycles. The Labute approximate surface area is 155 Å². The number of rotatable bonds is 3. The van der Waals surface area contributed by atoms with Gasteiger partial charge >= 0.3 is 0 Å². The second-order valence-corrected chi connectivity index (χ2v) is 6.74. The topological polar surface area (TPSA) is 67.2 Å². The van der Waals surface area contributed by atoms with Gasteiger partial charge in [-0.3, -0.25) is 9.78 Å². The molecule has 1 amide bonds. The maximum absolute atomic E-state index is 13.4. The zero-order chi connectivity index (χ0) is 18.4. The number of hydrogen-bond acceptors (Lipinski definition) is 5. The van der Waals surface area contributed by atoms with E-state index in [4.69, 9.17) is 0 Å². The molecule has 5 rings (SSSR count). The molecule has 0 N–H and O–H groups in total. The molecule has 0 aromatic carbocycles. The fourth-order valence-electron chi connectivity index (χ4n) is 3.55. The molecule has 0 saturated carbocycles. The number of hydrogen-bond donors (Lipinski definition) is 0. The Morgan fingerprint density at radius 1 is 1.15 bits per heavy atom. The normalized spacial score (nSPS) is 19.0. The third-order valence-electron chi connectivity index (χ3n) is 4.98. The highest BCUT2D eigenvalue weighted by molar-refractivity contribution is 6.09. The molecule has 0 bridgehead atoms. The van der Waals surface area contributed by atoms with Crippen LogP contribution in [0.15, 0.2) is 49.1 Å². The highest BCUT2D eigenvalue weighted by Crippen LogP contribution is 2.28. The van der Waals surface area contributed by atoms with Crippen LogP contribution >= 0.6 is 0 Å². The maximum Gasteiger partial charge on any atom is 0.262 e. The van der Waals surface area contributed by atoms with E-state index in [1.165, 1.54) is 0 Å².